The zero-order chi connectivity index (χ0) is 15.5. The molecule has 124 valence electrons. The average Bonchev–Trinajstić information content (AvgIpc) is 2.84. The third-order valence-corrected chi connectivity index (χ3v) is 9.17. The lowest BCUT2D eigenvalue weighted by Gasteiger charge is -2.60. The van der Waals surface area contributed by atoms with Gasteiger partial charge in [-0.3, -0.25) is 4.79 Å². The van der Waals surface area contributed by atoms with Crippen LogP contribution in [0.5, 0.6) is 0 Å². The minimum absolute atomic E-state index is 0.489. The van der Waals surface area contributed by atoms with Gasteiger partial charge in [0.2, 0.25) is 0 Å². The Morgan fingerprint density at radius 3 is 2.50 bits per heavy atom. The number of carbonyl (C=O) groups is 1. The van der Waals surface area contributed by atoms with E-state index in [0.717, 1.165) is 36.5 Å². The number of fused-ring (bicyclic) bond motifs is 5. The van der Waals surface area contributed by atoms with Gasteiger partial charge in [0.05, 0.1) is 0 Å². The molecular weight excluding hydrogens is 268 g/mol. The van der Waals surface area contributed by atoms with Gasteiger partial charge in [-0.2, -0.15) is 0 Å². The number of ketones is 1. The van der Waals surface area contributed by atoms with E-state index >= 15 is 0 Å². The van der Waals surface area contributed by atoms with Crippen LogP contribution >= 0.6 is 0 Å². The van der Waals surface area contributed by atoms with Crippen molar-refractivity contribution in [2.24, 2.45) is 40.4 Å². The van der Waals surface area contributed by atoms with Gasteiger partial charge in [-0.1, -0.05) is 27.2 Å². The number of hydrogen-bond donors (Lipinski definition) is 0. The molecule has 0 aliphatic heterocycles. The maximum Gasteiger partial charge on any atom is 0.133 e. The standard InChI is InChI=1S/C21H34O/c1-4-14-6-8-18-17-7-5-15-13-16(22)9-11-21(15,3)19(17)10-12-20(14,18)2/h14-15,17-19H,4-13H2,1-3H3/t14?,15-,17?,18?,19?,20?,21?/m0/s1. The third kappa shape index (κ3) is 1.93. The summed E-state index contributed by atoms with van der Waals surface area (Å²) in [7, 11) is 0. The Labute approximate surface area is 136 Å². The van der Waals surface area contributed by atoms with Crippen molar-refractivity contribution in [2.45, 2.75) is 85.0 Å². The Balaban J connectivity index is 1.62. The molecule has 0 spiro atoms. The Morgan fingerprint density at radius 2 is 1.73 bits per heavy atom. The smallest absolute Gasteiger partial charge is 0.133 e. The zero-order valence-corrected chi connectivity index (χ0v) is 14.9. The number of Topliss-reactive ketones (excluding diaryl/α,β-unsaturated/α-hetero) is 1. The number of carbonyl (C=O) groups excluding carboxylic acids is 1. The summed E-state index contributed by atoms with van der Waals surface area (Å²) in [5.41, 5.74) is 1.13. The molecule has 1 heteroatoms. The van der Waals surface area contributed by atoms with Gasteiger partial charge >= 0.3 is 0 Å². The molecule has 0 aromatic rings. The summed E-state index contributed by atoms with van der Waals surface area (Å²) in [6.07, 6.45) is 13.0. The predicted octanol–water partition coefficient (Wildman–Crippen LogP) is 5.62. The first kappa shape index (κ1) is 15.2. The van der Waals surface area contributed by atoms with Crippen LogP contribution in [-0.2, 0) is 4.79 Å². The molecule has 4 aliphatic rings. The van der Waals surface area contributed by atoms with Gasteiger partial charge in [0, 0.05) is 12.8 Å². The number of rotatable bonds is 1. The zero-order valence-electron chi connectivity index (χ0n) is 14.9. The second-order valence-corrected chi connectivity index (χ2v) is 9.63. The van der Waals surface area contributed by atoms with Crippen molar-refractivity contribution in [3.05, 3.63) is 0 Å². The normalized spacial score (nSPS) is 54.5. The predicted molar refractivity (Wildman–Crippen MR) is 90.5 cm³/mol. The van der Waals surface area contributed by atoms with Crippen molar-refractivity contribution in [3.8, 4) is 0 Å². The van der Waals surface area contributed by atoms with Crippen molar-refractivity contribution in [2.75, 3.05) is 0 Å². The summed E-state index contributed by atoms with van der Waals surface area (Å²) in [6, 6.07) is 0. The largest absolute Gasteiger partial charge is 0.300 e. The first-order valence-corrected chi connectivity index (χ1v) is 10.0. The van der Waals surface area contributed by atoms with Crippen LogP contribution in [0.15, 0.2) is 0 Å². The van der Waals surface area contributed by atoms with E-state index in [1.54, 1.807) is 0 Å². The molecule has 4 rings (SSSR count). The van der Waals surface area contributed by atoms with Crippen molar-refractivity contribution < 1.29 is 4.79 Å². The molecule has 4 aliphatic carbocycles. The molecule has 1 nitrogen and oxygen atoms in total. The van der Waals surface area contributed by atoms with E-state index in [1.165, 1.54) is 51.4 Å². The Kier molecular flexibility index (Phi) is 3.51. The topological polar surface area (TPSA) is 17.1 Å². The monoisotopic (exact) mass is 302 g/mol. The highest BCUT2D eigenvalue weighted by Gasteiger charge is 2.59. The van der Waals surface area contributed by atoms with Gasteiger partial charge in [0.15, 0.2) is 0 Å². The van der Waals surface area contributed by atoms with E-state index in [4.69, 9.17) is 0 Å². The summed E-state index contributed by atoms with van der Waals surface area (Å²) in [4.78, 5) is 11.9. The molecule has 0 radical (unpaired) electrons. The van der Waals surface area contributed by atoms with Crippen LogP contribution in [0.25, 0.3) is 0 Å². The Bertz CT molecular complexity index is 469. The van der Waals surface area contributed by atoms with E-state index in [-0.39, 0.29) is 0 Å². The van der Waals surface area contributed by atoms with Gasteiger partial charge in [0.25, 0.3) is 0 Å². The second-order valence-electron chi connectivity index (χ2n) is 9.63. The van der Waals surface area contributed by atoms with E-state index in [9.17, 15) is 4.79 Å². The van der Waals surface area contributed by atoms with Crippen molar-refractivity contribution in [1.29, 1.82) is 0 Å². The van der Waals surface area contributed by atoms with Crippen LogP contribution in [0.4, 0.5) is 0 Å². The first-order valence-electron chi connectivity index (χ1n) is 10.0. The summed E-state index contributed by atoms with van der Waals surface area (Å²) < 4.78 is 0. The molecular formula is C21H34O. The molecule has 22 heavy (non-hydrogen) atoms. The van der Waals surface area contributed by atoms with E-state index in [2.05, 4.69) is 20.8 Å². The van der Waals surface area contributed by atoms with Gasteiger partial charge in [-0.15, -0.1) is 0 Å². The molecule has 0 amide bonds. The lowest BCUT2D eigenvalue weighted by molar-refractivity contribution is -0.139. The molecule has 4 fully saturated rings. The molecule has 0 N–H and O–H groups in total. The van der Waals surface area contributed by atoms with Gasteiger partial charge in [0.1, 0.15) is 5.78 Å². The van der Waals surface area contributed by atoms with Crippen LogP contribution in [0, 0.1) is 40.4 Å². The van der Waals surface area contributed by atoms with Gasteiger partial charge in [-0.25, -0.2) is 0 Å². The molecule has 0 saturated heterocycles. The van der Waals surface area contributed by atoms with Crippen LogP contribution < -0.4 is 0 Å². The Hall–Kier alpha value is -0.330. The van der Waals surface area contributed by atoms with Crippen LogP contribution in [0.2, 0.25) is 0 Å². The average molecular weight is 303 g/mol. The highest BCUT2D eigenvalue weighted by atomic mass is 16.1. The molecule has 6 unspecified atom stereocenters. The van der Waals surface area contributed by atoms with Crippen molar-refractivity contribution >= 4 is 5.78 Å². The summed E-state index contributed by atoms with van der Waals surface area (Å²) in [6.45, 7) is 7.61. The molecule has 0 bridgehead atoms. The fourth-order valence-corrected chi connectivity index (χ4v) is 7.82. The second kappa shape index (κ2) is 5.08. The number of hydrogen-bond acceptors (Lipinski definition) is 1. The lowest BCUT2D eigenvalue weighted by atomic mass is 9.45. The van der Waals surface area contributed by atoms with Crippen LogP contribution in [0.3, 0.4) is 0 Å². The SMILES string of the molecule is CCC1CCC2C3CC[C@H]4CC(=O)CCC4(C)C3CCC12C. The van der Waals surface area contributed by atoms with E-state index < -0.39 is 0 Å². The molecule has 7 atom stereocenters. The maximum atomic E-state index is 11.9. The summed E-state index contributed by atoms with van der Waals surface area (Å²) >= 11 is 0. The highest BCUT2D eigenvalue weighted by Crippen LogP contribution is 2.67. The van der Waals surface area contributed by atoms with Crippen LogP contribution in [0.1, 0.15) is 85.0 Å². The van der Waals surface area contributed by atoms with Crippen molar-refractivity contribution in [3.63, 3.8) is 0 Å². The highest BCUT2D eigenvalue weighted by molar-refractivity contribution is 5.79. The van der Waals surface area contributed by atoms with Gasteiger partial charge in [-0.05, 0) is 85.4 Å². The summed E-state index contributed by atoms with van der Waals surface area (Å²) in [5.74, 6) is 5.14. The van der Waals surface area contributed by atoms with Crippen molar-refractivity contribution in [1.82, 2.24) is 0 Å². The molecule has 4 saturated carbocycles. The van der Waals surface area contributed by atoms with E-state index in [1.807, 2.05) is 0 Å². The molecule has 0 aromatic carbocycles. The lowest BCUT2D eigenvalue weighted by Crippen LogP contribution is -2.53. The minimum Gasteiger partial charge on any atom is -0.300 e. The Morgan fingerprint density at radius 1 is 0.955 bits per heavy atom. The third-order valence-electron chi connectivity index (χ3n) is 9.17. The fourth-order valence-electron chi connectivity index (χ4n) is 7.82. The maximum absolute atomic E-state index is 11.9. The quantitative estimate of drug-likeness (QED) is 0.614. The minimum atomic E-state index is 0.489. The van der Waals surface area contributed by atoms with Gasteiger partial charge < -0.3 is 0 Å². The summed E-state index contributed by atoms with van der Waals surface area (Å²) in [5, 5.41) is 0. The van der Waals surface area contributed by atoms with Crippen LogP contribution in [-0.4, -0.2) is 5.78 Å². The van der Waals surface area contributed by atoms with E-state index in [0.29, 0.717) is 22.5 Å². The molecule has 0 aromatic heterocycles. The fraction of sp³-hybridized carbons (Fsp3) is 0.952. The first-order chi connectivity index (χ1) is 10.5. The molecule has 0 heterocycles.